The molecule has 1 N–H and O–H groups in total. The summed E-state index contributed by atoms with van der Waals surface area (Å²) in [6.07, 6.45) is 3.08. The molecule has 0 spiro atoms. The van der Waals surface area contributed by atoms with E-state index in [4.69, 9.17) is 9.63 Å². The SMILES string of the molecule is CC(C)Cc1ccc(-c2nc(-c3ccc4c(c3)CCC4N3CC(C(=O)O)C3)no2)cc1. The highest BCUT2D eigenvalue weighted by Gasteiger charge is 2.39. The van der Waals surface area contributed by atoms with Gasteiger partial charge in [0.15, 0.2) is 0 Å². The van der Waals surface area contributed by atoms with Gasteiger partial charge in [0.1, 0.15) is 0 Å². The number of fused-ring (bicyclic) bond motifs is 1. The number of carbonyl (C=O) groups is 1. The van der Waals surface area contributed by atoms with E-state index in [1.54, 1.807) is 0 Å². The summed E-state index contributed by atoms with van der Waals surface area (Å²) in [5.74, 6) is 0.847. The molecule has 31 heavy (non-hydrogen) atoms. The quantitative estimate of drug-likeness (QED) is 0.631. The Morgan fingerprint density at radius 1 is 1.16 bits per heavy atom. The fourth-order valence-corrected chi connectivity index (χ4v) is 4.75. The van der Waals surface area contributed by atoms with Crippen LogP contribution in [0.15, 0.2) is 47.0 Å². The van der Waals surface area contributed by atoms with Gasteiger partial charge in [-0.25, -0.2) is 0 Å². The van der Waals surface area contributed by atoms with E-state index < -0.39 is 5.97 Å². The van der Waals surface area contributed by atoms with Crippen molar-refractivity contribution in [3.05, 3.63) is 59.2 Å². The molecule has 2 aliphatic rings. The van der Waals surface area contributed by atoms with Gasteiger partial charge in [-0.05, 0) is 60.1 Å². The second-order valence-corrected chi connectivity index (χ2v) is 9.18. The topological polar surface area (TPSA) is 79.5 Å². The van der Waals surface area contributed by atoms with Crippen molar-refractivity contribution in [3.8, 4) is 22.8 Å². The molecule has 6 heteroatoms. The summed E-state index contributed by atoms with van der Waals surface area (Å²) in [7, 11) is 0. The molecule has 6 nitrogen and oxygen atoms in total. The van der Waals surface area contributed by atoms with Crippen molar-refractivity contribution in [2.45, 2.75) is 39.2 Å². The van der Waals surface area contributed by atoms with Gasteiger partial charge >= 0.3 is 5.97 Å². The molecule has 1 aliphatic heterocycles. The molecule has 1 aliphatic carbocycles. The van der Waals surface area contributed by atoms with Crippen molar-refractivity contribution in [1.29, 1.82) is 0 Å². The lowest BCUT2D eigenvalue weighted by Crippen LogP contribution is -2.51. The summed E-state index contributed by atoms with van der Waals surface area (Å²) in [6.45, 7) is 5.72. The van der Waals surface area contributed by atoms with Crippen LogP contribution in [0.3, 0.4) is 0 Å². The smallest absolute Gasteiger partial charge is 0.309 e. The number of carboxylic acids is 1. The first-order valence-corrected chi connectivity index (χ1v) is 11.0. The van der Waals surface area contributed by atoms with Crippen LogP contribution in [0.1, 0.15) is 43.0 Å². The number of hydrogen-bond donors (Lipinski definition) is 1. The fourth-order valence-electron chi connectivity index (χ4n) is 4.75. The molecule has 1 aromatic heterocycles. The number of carboxylic acid groups (broad SMARTS) is 1. The second-order valence-electron chi connectivity index (χ2n) is 9.18. The first-order chi connectivity index (χ1) is 15.0. The van der Waals surface area contributed by atoms with Crippen molar-refractivity contribution < 1.29 is 14.4 Å². The van der Waals surface area contributed by atoms with E-state index in [9.17, 15) is 4.79 Å². The fraction of sp³-hybridized carbons (Fsp3) is 0.400. The molecule has 5 rings (SSSR count). The zero-order valence-corrected chi connectivity index (χ0v) is 17.9. The minimum absolute atomic E-state index is 0.222. The number of nitrogens with zero attached hydrogens (tertiary/aromatic N) is 3. The van der Waals surface area contributed by atoms with Crippen molar-refractivity contribution in [3.63, 3.8) is 0 Å². The van der Waals surface area contributed by atoms with E-state index in [2.05, 4.69) is 53.2 Å². The van der Waals surface area contributed by atoms with Gasteiger partial charge in [0.05, 0.1) is 5.92 Å². The number of likely N-dealkylation sites (tertiary alicyclic amines) is 1. The number of benzene rings is 2. The number of aryl methyl sites for hydroxylation is 1. The third kappa shape index (κ3) is 3.88. The zero-order valence-electron chi connectivity index (χ0n) is 17.9. The van der Waals surface area contributed by atoms with Gasteiger partial charge in [-0.15, -0.1) is 0 Å². The molecule has 3 aromatic rings. The van der Waals surface area contributed by atoms with Crippen molar-refractivity contribution >= 4 is 5.97 Å². The number of rotatable bonds is 6. The monoisotopic (exact) mass is 417 g/mol. The maximum atomic E-state index is 11.1. The van der Waals surface area contributed by atoms with E-state index >= 15 is 0 Å². The van der Waals surface area contributed by atoms with Crippen molar-refractivity contribution in [2.24, 2.45) is 11.8 Å². The van der Waals surface area contributed by atoms with Crippen LogP contribution >= 0.6 is 0 Å². The summed E-state index contributed by atoms with van der Waals surface area (Å²) in [5.41, 5.74) is 5.79. The van der Waals surface area contributed by atoms with Crippen LogP contribution in [0.25, 0.3) is 22.8 Å². The average Bonchev–Trinajstić information content (AvgIpc) is 3.34. The van der Waals surface area contributed by atoms with Crippen LogP contribution in [0.4, 0.5) is 0 Å². The molecular weight excluding hydrogens is 390 g/mol. The lowest BCUT2D eigenvalue weighted by atomic mass is 9.95. The molecular formula is C25H27N3O3. The molecule has 0 amide bonds. The Hall–Kier alpha value is -2.99. The van der Waals surface area contributed by atoms with E-state index in [-0.39, 0.29) is 5.92 Å². The molecule has 160 valence electrons. The highest BCUT2D eigenvalue weighted by molar-refractivity contribution is 5.71. The Morgan fingerprint density at radius 2 is 1.90 bits per heavy atom. The summed E-state index contributed by atoms with van der Waals surface area (Å²) in [4.78, 5) is 18.0. The van der Waals surface area contributed by atoms with E-state index in [1.807, 2.05) is 18.2 Å². The van der Waals surface area contributed by atoms with E-state index in [1.165, 1.54) is 16.7 Å². The van der Waals surface area contributed by atoms with Gasteiger partial charge in [-0.2, -0.15) is 4.98 Å². The number of aromatic nitrogens is 2. The summed E-state index contributed by atoms with van der Waals surface area (Å²) >= 11 is 0. The van der Waals surface area contributed by atoms with E-state index in [0.29, 0.717) is 36.8 Å². The Morgan fingerprint density at radius 3 is 2.61 bits per heavy atom. The predicted octanol–water partition coefficient (Wildman–Crippen LogP) is 4.61. The lowest BCUT2D eigenvalue weighted by Gasteiger charge is -2.41. The third-order valence-electron chi connectivity index (χ3n) is 6.42. The Kier molecular flexibility index (Phi) is 5.10. The van der Waals surface area contributed by atoms with Crippen molar-refractivity contribution in [1.82, 2.24) is 15.0 Å². The molecule has 1 unspecified atom stereocenters. The van der Waals surface area contributed by atoms with Gasteiger partial charge in [0.2, 0.25) is 5.82 Å². The molecule has 2 heterocycles. The van der Waals surface area contributed by atoms with Crippen LogP contribution < -0.4 is 0 Å². The van der Waals surface area contributed by atoms with Crippen molar-refractivity contribution in [2.75, 3.05) is 13.1 Å². The number of hydrogen-bond acceptors (Lipinski definition) is 5. The first-order valence-electron chi connectivity index (χ1n) is 11.0. The van der Waals surface area contributed by atoms with Crippen LogP contribution in [-0.4, -0.2) is 39.2 Å². The summed E-state index contributed by atoms with van der Waals surface area (Å²) < 4.78 is 5.54. The molecule has 1 saturated heterocycles. The Bertz CT molecular complexity index is 1100. The normalized spacial score (nSPS) is 18.9. The van der Waals surface area contributed by atoms with Gasteiger partial charge in [-0.3, -0.25) is 9.69 Å². The van der Waals surface area contributed by atoms with Gasteiger partial charge in [-0.1, -0.05) is 43.3 Å². The van der Waals surface area contributed by atoms with Crippen LogP contribution in [0, 0.1) is 11.8 Å². The maximum Gasteiger partial charge on any atom is 0.309 e. The molecule has 1 atom stereocenters. The van der Waals surface area contributed by atoms with Crippen LogP contribution in [-0.2, 0) is 17.6 Å². The van der Waals surface area contributed by atoms with Gasteiger partial charge in [0, 0.05) is 30.3 Å². The summed E-state index contributed by atoms with van der Waals surface area (Å²) in [5, 5.41) is 13.3. The minimum atomic E-state index is -0.688. The maximum absolute atomic E-state index is 11.1. The Labute approximate surface area is 181 Å². The Balaban J connectivity index is 1.31. The second kappa shape index (κ2) is 7.93. The van der Waals surface area contributed by atoms with Gasteiger partial charge in [0.25, 0.3) is 5.89 Å². The molecule has 0 radical (unpaired) electrons. The molecule has 0 bridgehead atoms. The highest BCUT2D eigenvalue weighted by Crippen LogP contribution is 2.40. The molecule has 1 fully saturated rings. The molecule has 0 saturated carbocycles. The van der Waals surface area contributed by atoms with Crippen LogP contribution in [0.2, 0.25) is 0 Å². The largest absolute Gasteiger partial charge is 0.481 e. The zero-order chi connectivity index (χ0) is 21.5. The average molecular weight is 418 g/mol. The first kappa shape index (κ1) is 19.9. The minimum Gasteiger partial charge on any atom is -0.481 e. The number of aliphatic carboxylic acids is 1. The molecule has 2 aromatic carbocycles. The van der Waals surface area contributed by atoms with Gasteiger partial charge < -0.3 is 9.63 Å². The highest BCUT2D eigenvalue weighted by atomic mass is 16.5. The van der Waals surface area contributed by atoms with Crippen LogP contribution in [0.5, 0.6) is 0 Å². The predicted molar refractivity (Wildman–Crippen MR) is 117 cm³/mol. The summed E-state index contributed by atoms with van der Waals surface area (Å²) in [6, 6.07) is 15.0. The standard InChI is InChI=1S/C25H27N3O3/c1-15(2)11-16-3-5-17(6-4-16)24-26-23(27-31-24)19-7-9-21-18(12-19)8-10-22(21)28-13-20(14-28)25(29)30/h3-7,9,12,15,20,22H,8,10-11,13-14H2,1-2H3,(H,29,30). The lowest BCUT2D eigenvalue weighted by molar-refractivity contribution is -0.148. The van der Waals surface area contributed by atoms with E-state index in [0.717, 1.165) is 30.4 Å². The third-order valence-corrected chi connectivity index (χ3v) is 6.42.